The van der Waals surface area contributed by atoms with Crippen LogP contribution in [0.25, 0.3) is 0 Å². The lowest BCUT2D eigenvalue weighted by molar-refractivity contribution is 0.102. The van der Waals surface area contributed by atoms with Gasteiger partial charge in [-0.25, -0.2) is 0 Å². The molecule has 1 aliphatic carbocycles. The molecule has 19 heavy (non-hydrogen) atoms. The zero-order valence-corrected chi connectivity index (χ0v) is 11.4. The topological polar surface area (TPSA) is 55.1 Å². The summed E-state index contributed by atoms with van der Waals surface area (Å²) in [4.78, 5) is 12.1. The summed E-state index contributed by atoms with van der Waals surface area (Å²) in [6.45, 7) is 0. The summed E-state index contributed by atoms with van der Waals surface area (Å²) in [6.07, 6.45) is 2.80. The number of carbonyl (C=O) groups is 1. The van der Waals surface area contributed by atoms with Gasteiger partial charge in [-0.1, -0.05) is 28.4 Å². The van der Waals surface area contributed by atoms with E-state index in [-0.39, 0.29) is 5.91 Å². The summed E-state index contributed by atoms with van der Waals surface area (Å²) in [5.41, 5.74) is 2.22. The van der Waals surface area contributed by atoms with E-state index >= 15 is 0 Å². The van der Waals surface area contributed by atoms with Gasteiger partial charge in [0.25, 0.3) is 5.91 Å². The van der Waals surface area contributed by atoms with Gasteiger partial charge in [-0.2, -0.15) is 0 Å². The number of fused-ring (bicyclic) bond motifs is 1. The molecular formula is C13H10Cl2N2O2. The fourth-order valence-corrected chi connectivity index (χ4v) is 2.54. The Labute approximate surface area is 119 Å². The minimum absolute atomic E-state index is 0.317. The number of amides is 1. The summed E-state index contributed by atoms with van der Waals surface area (Å²) in [5.74, 6) is 0.0619. The van der Waals surface area contributed by atoms with E-state index in [9.17, 15) is 4.79 Å². The summed E-state index contributed by atoms with van der Waals surface area (Å²) in [7, 11) is 0. The molecule has 0 spiro atoms. The molecule has 0 atom stereocenters. The number of aromatic nitrogens is 1. The third-order valence-corrected chi connectivity index (χ3v) is 3.67. The number of benzene rings is 1. The van der Waals surface area contributed by atoms with Crippen molar-refractivity contribution in [3.63, 3.8) is 0 Å². The van der Waals surface area contributed by atoms with Gasteiger partial charge >= 0.3 is 0 Å². The average Bonchev–Trinajstić information content (AvgIpc) is 2.97. The number of hydrogen-bond acceptors (Lipinski definition) is 3. The quantitative estimate of drug-likeness (QED) is 0.919. The number of halogens is 2. The number of nitrogens with zero attached hydrogens (tertiary/aromatic N) is 1. The van der Waals surface area contributed by atoms with Crippen LogP contribution in [0.15, 0.2) is 22.7 Å². The number of carbonyl (C=O) groups excluding carboxylic acids is 1. The van der Waals surface area contributed by atoms with Crippen LogP contribution < -0.4 is 5.32 Å². The molecule has 2 aromatic rings. The van der Waals surface area contributed by atoms with E-state index in [1.54, 1.807) is 12.1 Å². The Morgan fingerprint density at radius 1 is 1.32 bits per heavy atom. The van der Waals surface area contributed by atoms with E-state index in [1.165, 1.54) is 6.07 Å². The van der Waals surface area contributed by atoms with Crippen LogP contribution in [0.2, 0.25) is 10.0 Å². The van der Waals surface area contributed by atoms with Gasteiger partial charge in [0, 0.05) is 10.6 Å². The van der Waals surface area contributed by atoms with Crippen molar-refractivity contribution in [1.82, 2.24) is 5.16 Å². The molecule has 1 aromatic heterocycles. The summed E-state index contributed by atoms with van der Waals surface area (Å²) >= 11 is 11.8. The van der Waals surface area contributed by atoms with Gasteiger partial charge in [0.15, 0.2) is 0 Å². The van der Waals surface area contributed by atoms with Gasteiger partial charge in [0.1, 0.15) is 0 Å². The van der Waals surface area contributed by atoms with Crippen LogP contribution in [0, 0.1) is 0 Å². The highest BCUT2D eigenvalue weighted by molar-refractivity contribution is 6.36. The second kappa shape index (κ2) is 4.87. The fourth-order valence-electron chi connectivity index (χ4n) is 2.17. The molecule has 1 N–H and O–H groups in total. The molecule has 1 amide bonds. The third kappa shape index (κ3) is 2.33. The van der Waals surface area contributed by atoms with E-state index in [0.717, 1.165) is 30.5 Å². The van der Waals surface area contributed by atoms with Crippen molar-refractivity contribution < 1.29 is 9.32 Å². The Hall–Kier alpha value is -1.52. The fraction of sp³-hybridized carbons (Fsp3) is 0.231. The van der Waals surface area contributed by atoms with Gasteiger partial charge in [0.05, 0.1) is 16.3 Å². The van der Waals surface area contributed by atoms with E-state index in [0.29, 0.717) is 21.5 Å². The number of anilines is 1. The molecule has 1 aliphatic rings. The Morgan fingerprint density at radius 2 is 2.16 bits per heavy atom. The smallest absolute Gasteiger partial charge is 0.259 e. The van der Waals surface area contributed by atoms with E-state index < -0.39 is 0 Å². The Morgan fingerprint density at radius 3 is 3.00 bits per heavy atom. The molecule has 0 bridgehead atoms. The highest BCUT2D eigenvalue weighted by atomic mass is 35.5. The van der Waals surface area contributed by atoms with Gasteiger partial charge in [-0.15, -0.1) is 0 Å². The Bertz CT molecular complexity index is 652. The van der Waals surface area contributed by atoms with Crippen LogP contribution in [-0.2, 0) is 12.8 Å². The average molecular weight is 297 g/mol. The van der Waals surface area contributed by atoms with Crippen molar-refractivity contribution in [2.75, 3.05) is 5.32 Å². The van der Waals surface area contributed by atoms with Crippen molar-refractivity contribution in [3.8, 4) is 0 Å². The van der Waals surface area contributed by atoms with Crippen LogP contribution >= 0.6 is 23.2 Å². The first kappa shape index (κ1) is 12.5. The van der Waals surface area contributed by atoms with Crippen molar-refractivity contribution in [2.45, 2.75) is 19.3 Å². The Balaban J connectivity index is 1.87. The molecule has 1 aromatic carbocycles. The van der Waals surface area contributed by atoms with Crippen LogP contribution in [0.5, 0.6) is 0 Å². The predicted molar refractivity (Wildman–Crippen MR) is 72.9 cm³/mol. The number of rotatable bonds is 2. The SMILES string of the molecule is O=C(Nc1onc2c1CCC2)c1cc(Cl)ccc1Cl. The maximum atomic E-state index is 12.1. The second-order valence-electron chi connectivity index (χ2n) is 4.37. The molecule has 6 heteroatoms. The lowest BCUT2D eigenvalue weighted by Crippen LogP contribution is -2.13. The summed E-state index contributed by atoms with van der Waals surface area (Å²) in [6, 6.07) is 4.74. The summed E-state index contributed by atoms with van der Waals surface area (Å²) < 4.78 is 5.14. The standard InChI is InChI=1S/C13H10Cl2N2O2/c14-7-4-5-10(15)9(6-7)12(18)16-13-8-2-1-3-11(8)17-19-13/h4-6H,1-3H2,(H,16,18). The molecule has 0 radical (unpaired) electrons. The zero-order valence-electron chi connectivity index (χ0n) is 9.87. The first-order chi connectivity index (χ1) is 9.15. The number of hydrogen-bond donors (Lipinski definition) is 1. The molecule has 0 saturated heterocycles. The third-order valence-electron chi connectivity index (χ3n) is 3.11. The Kier molecular flexibility index (Phi) is 3.21. The molecule has 3 rings (SSSR count). The zero-order chi connectivity index (χ0) is 13.4. The first-order valence-electron chi connectivity index (χ1n) is 5.89. The minimum atomic E-state index is -0.349. The lowest BCUT2D eigenvalue weighted by Gasteiger charge is -2.05. The van der Waals surface area contributed by atoms with Gasteiger partial charge in [0.2, 0.25) is 5.88 Å². The van der Waals surface area contributed by atoms with Crippen molar-refractivity contribution in [2.24, 2.45) is 0 Å². The largest absolute Gasteiger partial charge is 0.338 e. The normalized spacial score (nSPS) is 13.4. The van der Waals surface area contributed by atoms with E-state index in [4.69, 9.17) is 27.7 Å². The van der Waals surface area contributed by atoms with Gasteiger partial charge < -0.3 is 4.52 Å². The predicted octanol–water partition coefficient (Wildman–Crippen LogP) is 3.72. The molecule has 0 fully saturated rings. The van der Waals surface area contributed by atoms with Crippen LogP contribution in [0.4, 0.5) is 5.88 Å². The second-order valence-corrected chi connectivity index (χ2v) is 5.21. The molecule has 4 nitrogen and oxygen atoms in total. The lowest BCUT2D eigenvalue weighted by atomic mass is 10.2. The molecule has 1 heterocycles. The minimum Gasteiger partial charge on any atom is -0.338 e. The van der Waals surface area contributed by atoms with E-state index in [2.05, 4.69) is 10.5 Å². The van der Waals surface area contributed by atoms with Crippen molar-refractivity contribution >= 4 is 35.0 Å². The molecule has 0 aliphatic heterocycles. The molecule has 98 valence electrons. The highest BCUT2D eigenvalue weighted by Gasteiger charge is 2.23. The number of nitrogens with one attached hydrogen (secondary N) is 1. The molecule has 0 unspecified atom stereocenters. The molecular weight excluding hydrogens is 287 g/mol. The summed E-state index contributed by atoms with van der Waals surface area (Å²) in [5, 5.41) is 7.43. The van der Waals surface area contributed by atoms with Crippen molar-refractivity contribution in [1.29, 1.82) is 0 Å². The highest BCUT2D eigenvalue weighted by Crippen LogP contribution is 2.29. The maximum absolute atomic E-state index is 12.1. The first-order valence-corrected chi connectivity index (χ1v) is 6.64. The van der Waals surface area contributed by atoms with Crippen LogP contribution in [0.1, 0.15) is 28.0 Å². The van der Waals surface area contributed by atoms with Crippen LogP contribution in [-0.4, -0.2) is 11.1 Å². The maximum Gasteiger partial charge on any atom is 0.259 e. The molecule has 0 saturated carbocycles. The monoisotopic (exact) mass is 296 g/mol. The van der Waals surface area contributed by atoms with Crippen LogP contribution in [0.3, 0.4) is 0 Å². The van der Waals surface area contributed by atoms with Crippen molar-refractivity contribution in [3.05, 3.63) is 45.1 Å². The number of aryl methyl sites for hydroxylation is 1. The van der Waals surface area contributed by atoms with E-state index in [1.807, 2.05) is 0 Å². The van der Waals surface area contributed by atoms with Gasteiger partial charge in [-0.05, 0) is 37.5 Å². The van der Waals surface area contributed by atoms with Gasteiger partial charge in [-0.3, -0.25) is 10.1 Å².